The minimum Gasteiger partial charge on any atom is -0.354 e. The van der Waals surface area contributed by atoms with Gasteiger partial charge in [0.2, 0.25) is 5.91 Å². The van der Waals surface area contributed by atoms with Gasteiger partial charge in [0.15, 0.2) is 0 Å². The van der Waals surface area contributed by atoms with Crippen molar-refractivity contribution in [3.05, 3.63) is 53.5 Å². The summed E-state index contributed by atoms with van der Waals surface area (Å²) < 4.78 is 0. The van der Waals surface area contributed by atoms with Crippen molar-refractivity contribution in [1.29, 1.82) is 0 Å². The van der Waals surface area contributed by atoms with Crippen molar-refractivity contribution < 1.29 is 4.79 Å². The highest BCUT2D eigenvalue weighted by molar-refractivity contribution is 5.79. The molecule has 1 aliphatic carbocycles. The van der Waals surface area contributed by atoms with Crippen molar-refractivity contribution in [2.24, 2.45) is 0 Å². The van der Waals surface area contributed by atoms with E-state index >= 15 is 0 Å². The summed E-state index contributed by atoms with van der Waals surface area (Å²) in [5.74, 6) is 2.07. The van der Waals surface area contributed by atoms with Gasteiger partial charge in [-0.1, -0.05) is 30.3 Å². The molecule has 2 aliphatic rings. The summed E-state index contributed by atoms with van der Waals surface area (Å²) in [5.41, 5.74) is 2.21. The molecule has 1 amide bonds. The van der Waals surface area contributed by atoms with Crippen LogP contribution in [-0.4, -0.2) is 64.4 Å². The van der Waals surface area contributed by atoms with Crippen LogP contribution in [0.15, 0.2) is 36.4 Å². The van der Waals surface area contributed by atoms with Gasteiger partial charge in [-0.3, -0.25) is 9.69 Å². The summed E-state index contributed by atoms with van der Waals surface area (Å²) >= 11 is 0. The summed E-state index contributed by atoms with van der Waals surface area (Å²) in [7, 11) is 0. The molecule has 2 aromatic rings. The molecule has 6 nitrogen and oxygen atoms in total. The summed E-state index contributed by atoms with van der Waals surface area (Å²) in [4.78, 5) is 28.6. The van der Waals surface area contributed by atoms with Crippen molar-refractivity contribution in [2.45, 2.75) is 39.3 Å². The van der Waals surface area contributed by atoms with Crippen molar-refractivity contribution in [3.8, 4) is 0 Å². The molecule has 28 heavy (non-hydrogen) atoms. The van der Waals surface area contributed by atoms with Crippen molar-refractivity contribution >= 4 is 11.7 Å². The van der Waals surface area contributed by atoms with Gasteiger partial charge in [-0.15, -0.1) is 0 Å². The maximum absolute atomic E-state index is 13.0. The molecule has 0 N–H and O–H groups in total. The van der Waals surface area contributed by atoms with Crippen LogP contribution in [0.3, 0.4) is 0 Å². The minimum absolute atomic E-state index is 0.258. The Kier molecular flexibility index (Phi) is 5.57. The number of aryl methyl sites for hydroxylation is 2. The number of aromatic nitrogens is 2. The fourth-order valence-corrected chi connectivity index (χ4v) is 3.86. The molecule has 0 bridgehead atoms. The SMILES string of the molecule is Cc1cc(N2CCN(CC(=O)N(Cc3ccccc3)C3CC3)CC2)nc(C)n1. The maximum atomic E-state index is 13.0. The molecule has 2 heterocycles. The van der Waals surface area contributed by atoms with E-state index in [2.05, 4.69) is 36.8 Å². The molecule has 1 aromatic heterocycles. The monoisotopic (exact) mass is 379 g/mol. The van der Waals surface area contributed by atoms with Gasteiger partial charge in [0.25, 0.3) is 0 Å². The Bertz CT molecular complexity index is 793. The van der Waals surface area contributed by atoms with Crippen molar-refractivity contribution in [1.82, 2.24) is 19.8 Å². The van der Waals surface area contributed by atoms with E-state index in [1.165, 1.54) is 5.56 Å². The molecule has 1 saturated carbocycles. The highest BCUT2D eigenvalue weighted by Gasteiger charge is 2.33. The Morgan fingerprint density at radius 2 is 1.79 bits per heavy atom. The van der Waals surface area contributed by atoms with Gasteiger partial charge < -0.3 is 9.80 Å². The number of anilines is 1. The van der Waals surface area contributed by atoms with E-state index in [1.807, 2.05) is 38.1 Å². The predicted molar refractivity (Wildman–Crippen MR) is 110 cm³/mol. The zero-order chi connectivity index (χ0) is 19.5. The lowest BCUT2D eigenvalue weighted by atomic mass is 10.2. The number of amides is 1. The van der Waals surface area contributed by atoms with Crippen LogP contribution in [0.25, 0.3) is 0 Å². The number of carbonyl (C=O) groups is 1. The summed E-state index contributed by atoms with van der Waals surface area (Å²) in [6.07, 6.45) is 2.28. The van der Waals surface area contributed by atoms with Gasteiger partial charge in [0, 0.05) is 50.5 Å². The molecule has 2 fully saturated rings. The maximum Gasteiger partial charge on any atom is 0.237 e. The third-order valence-corrected chi connectivity index (χ3v) is 5.51. The summed E-state index contributed by atoms with van der Waals surface area (Å²) in [6, 6.07) is 12.8. The zero-order valence-corrected chi connectivity index (χ0v) is 16.8. The number of nitrogens with zero attached hydrogens (tertiary/aromatic N) is 5. The lowest BCUT2D eigenvalue weighted by molar-refractivity contribution is -0.133. The number of hydrogen-bond acceptors (Lipinski definition) is 5. The molecule has 0 spiro atoms. The van der Waals surface area contributed by atoms with Crippen LogP contribution in [-0.2, 0) is 11.3 Å². The molecule has 0 radical (unpaired) electrons. The van der Waals surface area contributed by atoms with E-state index in [0.29, 0.717) is 12.6 Å². The van der Waals surface area contributed by atoms with Gasteiger partial charge in [-0.25, -0.2) is 9.97 Å². The van der Waals surface area contributed by atoms with Gasteiger partial charge in [0.1, 0.15) is 11.6 Å². The lowest BCUT2D eigenvalue weighted by Crippen LogP contribution is -2.50. The number of piperazine rings is 1. The van der Waals surface area contributed by atoms with Gasteiger partial charge >= 0.3 is 0 Å². The smallest absolute Gasteiger partial charge is 0.237 e. The van der Waals surface area contributed by atoms with E-state index < -0.39 is 0 Å². The fraction of sp³-hybridized carbons (Fsp3) is 0.500. The first-order valence-electron chi connectivity index (χ1n) is 10.2. The van der Waals surface area contributed by atoms with Crippen LogP contribution in [0.2, 0.25) is 0 Å². The summed E-state index contributed by atoms with van der Waals surface area (Å²) in [5, 5.41) is 0. The van der Waals surface area contributed by atoms with Gasteiger partial charge in [-0.05, 0) is 32.3 Å². The van der Waals surface area contributed by atoms with E-state index in [0.717, 1.165) is 62.9 Å². The lowest BCUT2D eigenvalue weighted by Gasteiger charge is -2.36. The number of hydrogen-bond donors (Lipinski definition) is 0. The first-order chi connectivity index (χ1) is 13.6. The van der Waals surface area contributed by atoms with E-state index in [4.69, 9.17) is 0 Å². The highest BCUT2D eigenvalue weighted by atomic mass is 16.2. The quantitative estimate of drug-likeness (QED) is 0.771. The second-order valence-corrected chi connectivity index (χ2v) is 7.92. The molecule has 0 atom stereocenters. The highest BCUT2D eigenvalue weighted by Crippen LogP contribution is 2.28. The van der Waals surface area contributed by atoms with Crippen molar-refractivity contribution in [3.63, 3.8) is 0 Å². The standard InChI is InChI=1S/C22H29N5O/c1-17-14-21(24-18(2)23-17)26-12-10-25(11-13-26)16-22(28)27(20-8-9-20)15-19-6-4-3-5-7-19/h3-7,14,20H,8-13,15-16H2,1-2H3. The van der Waals surface area contributed by atoms with Gasteiger partial charge in [0.05, 0.1) is 6.54 Å². The third kappa shape index (κ3) is 4.68. The number of carbonyl (C=O) groups excluding carboxylic acids is 1. The Hall–Kier alpha value is -2.47. The van der Waals surface area contributed by atoms with Crippen LogP contribution in [0.5, 0.6) is 0 Å². The molecular formula is C22H29N5O. The third-order valence-electron chi connectivity index (χ3n) is 5.51. The Morgan fingerprint density at radius 3 is 2.43 bits per heavy atom. The first kappa shape index (κ1) is 18.9. The van der Waals surface area contributed by atoms with Crippen LogP contribution >= 0.6 is 0 Å². The van der Waals surface area contributed by atoms with Crippen molar-refractivity contribution in [2.75, 3.05) is 37.6 Å². The molecule has 1 aromatic carbocycles. The Labute approximate surface area is 167 Å². The first-order valence-corrected chi connectivity index (χ1v) is 10.2. The molecule has 1 saturated heterocycles. The average molecular weight is 380 g/mol. The molecule has 148 valence electrons. The zero-order valence-electron chi connectivity index (χ0n) is 16.8. The summed E-state index contributed by atoms with van der Waals surface area (Å²) in [6.45, 7) is 8.74. The number of benzene rings is 1. The molecule has 0 unspecified atom stereocenters. The van der Waals surface area contributed by atoms with Crippen LogP contribution in [0.1, 0.15) is 29.9 Å². The molecular weight excluding hydrogens is 350 g/mol. The topological polar surface area (TPSA) is 52.6 Å². The van der Waals surface area contributed by atoms with Gasteiger partial charge in [-0.2, -0.15) is 0 Å². The Morgan fingerprint density at radius 1 is 1.07 bits per heavy atom. The molecule has 4 rings (SSSR count). The number of rotatable bonds is 6. The second-order valence-electron chi connectivity index (χ2n) is 7.92. The molecule has 6 heteroatoms. The average Bonchev–Trinajstić information content (AvgIpc) is 3.52. The van der Waals surface area contributed by atoms with E-state index in [1.54, 1.807) is 0 Å². The van der Waals surface area contributed by atoms with E-state index in [-0.39, 0.29) is 5.91 Å². The predicted octanol–water partition coefficient (Wildman–Crippen LogP) is 2.41. The van der Waals surface area contributed by atoms with Crippen LogP contribution in [0.4, 0.5) is 5.82 Å². The molecule has 1 aliphatic heterocycles. The minimum atomic E-state index is 0.258. The second kappa shape index (κ2) is 8.27. The van der Waals surface area contributed by atoms with Crippen LogP contribution in [0, 0.1) is 13.8 Å². The normalized spacial score (nSPS) is 17.6. The van der Waals surface area contributed by atoms with E-state index in [9.17, 15) is 4.79 Å². The van der Waals surface area contributed by atoms with Crippen LogP contribution < -0.4 is 4.90 Å². The fourth-order valence-electron chi connectivity index (χ4n) is 3.86. The Balaban J connectivity index is 1.32. The largest absolute Gasteiger partial charge is 0.354 e.